The Kier molecular flexibility index (Phi) is 4.95. The Hall–Kier alpha value is -0.770. The molecule has 0 spiro atoms. The fourth-order valence-electron chi connectivity index (χ4n) is 3.12. The summed E-state index contributed by atoms with van der Waals surface area (Å²) in [5.41, 5.74) is 4.66. The first-order chi connectivity index (χ1) is 9.49. The third-order valence-electron chi connectivity index (χ3n) is 4.53. The molecule has 0 radical (unpaired) electrons. The summed E-state index contributed by atoms with van der Waals surface area (Å²) < 4.78 is 5.70. The molecule has 1 aliphatic rings. The predicted molar refractivity (Wildman–Crippen MR) is 85.1 cm³/mol. The quantitative estimate of drug-likeness (QED) is 0.927. The fraction of sp³-hybridized carbons (Fsp3) is 0.625. The molecule has 0 saturated carbocycles. The summed E-state index contributed by atoms with van der Waals surface area (Å²) in [7, 11) is 1.75. The number of ether oxygens (including phenoxy) is 1. The zero-order chi connectivity index (χ0) is 14.9. The van der Waals surface area contributed by atoms with Crippen molar-refractivity contribution < 1.29 is 4.74 Å². The van der Waals surface area contributed by atoms with E-state index < -0.39 is 0 Å². The van der Waals surface area contributed by atoms with E-state index in [-0.39, 0.29) is 0 Å². The molecule has 1 aromatic carbocycles. The van der Waals surface area contributed by atoms with Crippen LogP contribution in [0.5, 0.6) is 5.75 Å². The zero-order valence-corrected chi connectivity index (χ0v) is 13.9. The van der Waals surface area contributed by atoms with Gasteiger partial charge in [0.15, 0.2) is 0 Å². The monoisotopic (exact) mass is 296 g/mol. The topological polar surface area (TPSA) is 24.5 Å². The molecule has 3 nitrogen and oxygen atoms in total. The molecule has 0 bridgehead atoms. The van der Waals surface area contributed by atoms with Crippen molar-refractivity contribution in [1.82, 2.24) is 10.2 Å². The van der Waals surface area contributed by atoms with Crippen LogP contribution < -0.4 is 10.1 Å². The van der Waals surface area contributed by atoms with Crippen LogP contribution in [0.25, 0.3) is 0 Å². The molecule has 0 aromatic heterocycles. The van der Waals surface area contributed by atoms with Crippen LogP contribution in [0, 0.1) is 20.8 Å². The van der Waals surface area contributed by atoms with Gasteiger partial charge in [-0.2, -0.15) is 0 Å². The van der Waals surface area contributed by atoms with Crippen molar-refractivity contribution in [1.29, 1.82) is 0 Å². The Morgan fingerprint density at radius 2 is 1.70 bits per heavy atom. The largest absolute Gasteiger partial charge is 0.496 e. The molecule has 1 heterocycles. The zero-order valence-electron chi connectivity index (χ0n) is 13.1. The smallest absolute Gasteiger partial charge is 0.127 e. The highest BCUT2D eigenvalue weighted by atomic mass is 35.5. The van der Waals surface area contributed by atoms with Crippen molar-refractivity contribution in [2.75, 3.05) is 33.3 Å². The highest BCUT2D eigenvalue weighted by Crippen LogP contribution is 2.40. The molecular formula is C16H25ClN2O. The second-order valence-corrected chi connectivity index (χ2v) is 5.98. The molecule has 1 N–H and O–H groups in total. The Bertz CT molecular complexity index is 496. The molecule has 4 heteroatoms. The van der Waals surface area contributed by atoms with Crippen molar-refractivity contribution >= 4 is 11.6 Å². The summed E-state index contributed by atoms with van der Waals surface area (Å²) in [5.74, 6) is 0.996. The number of nitrogens with zero attached hydrogens (tertiary/aromatic N) is 1. The van der Waals surface area contributed by atoms with Crippen LogP contribution >= 0.6 is 11.6 Å². The van der Waals surface area contributed by atoms with Crippen LogP contribution in [0.15, 0.2) is 0 Å². The lowest BCUT2D eigenvalue weighted by Gasteiger charge is -2.35. The van der Waals surface area contributed by atoms with Gasteiger partial charge in [0.2, 0.25) is 0 Å². The van der Waals surface area contributed by atoms with Crippen molar-refractivity contribution in [3.63, 3.8) is 0 Å². The Labute approximate surface area is 127 Å². The van der Waals surface area contributed by atoms with Crippen LogP contribution in [0.2, 0.25) is 5.02 Å². The lowest BCUT2D eigenvalue weighted by Crippen LogP contribution is -2.44. The minimum atomic E-state index is 0.323. The number of hydrogen-bond acceptors (Lipinski definition) is 3. The first-order valence-corrected chi connectivity index (χ1v) is 7.64. The molecule has 2 rings (SSSR count). The normalized spacial score (nSPS) is 18.1. The van der Waals surface area contributed by atoms with Gasteiger partial charge in [0.25, 0.3) is 0 Å². The van der Waals surface area contributed by atoms with E-state index in [0.717, 1.165) is 53.6 Å². The molecule has 1 aromatic rings. The Morgan fingerprint density at radius 3 is 2.25 bits per heavy atom. The predicted octanol–water partition coefficient (Wildman–Crippen LogP) is 3.24. The minimum Gasteiger partial charge on any atom is -0.496 e. The lowest BCUT2D eigenvalue weighted by atomic mass is 9.93. The van der Waals surface area contributed by atoms with Gasteiger partial charge in [-0.3, -0.25) is 4.90 Å². The van der Waals surface area contributed by atoms with Crippen molar-refractivity contribution in [3.05, 3.63) is 27.3 Å². The van der Waals surface area contributed by atoms with Crippen LogP contribution in [0.1, 0.15) is 35.2 Å². The van der Waals surface area contributed by atoms with Gasteiger partial charge in [-0.1, -0.05) is 11.6 Å². The van der Waals surface area contributed by atoms with Crippen molar-refractivity contribution in [2.24, 2.45) is 0 Å². The van der Waals surface area contributed by atoms with Crippen molar-refractivity contribution in [2.45, 2.75) is 33.7 Å². The van der Waals surface area contributed by atoms with Crippen LogP contribution in [0.4, 0.5) is 0 Å². The lowest BCUT2D eigenvalue weighted by molar-refractivity contribution is 0.182. The first kappa shape index (κ1) is 15.6. The summed E-state index contributed by atoms with van der Waals surface area (Å²) in [6, 6.07) is 0.323. The van der Waals surface area contributed by atoms with Crippen LogP contribution in [0.3, 0.4) is 0 Å². The highest BCUT2D eigenvalue weighted by Gasteiger charge is 2.26. The van der Waals surface area contributed by atoms with Crippen LogP contribution in [-0.4, -0.2) is 38.2 Å². The van der Waals surface area contributed by atoms with E-state index in [4.69, 9.17) is 16.3 Å². The maximum Gasteiger partial charge on any atom is 0.127 e. The third-order valence-corrected chi connectivity index (χ3v) is 5.10. The second kappa shape index (κ2) is 6.33. The summed E-state index contributed by atoms with van der Waals surface area (Å²) in [6.07, 6.45) is 0. The van der Waals surface area contributed by atoms with E-state index >= 15 is 0 Å². The fourth-order valence-corrected chi connectivity index (χ4v) is 3.37. The number of halogens is 1. The van der Waals surface area contributed by atoms with Gasteiger partial charge in [0, 0.05) is 42.8 Å². The molecule has 0 aliphatic carbocycles. The van der Waals surface area contributed by atoms with Gasteiger partial charge in [-0.15, -0.1) is 0 Å². The molecule has 1 aliphatic heterocycles. The van der Waals surface area contributed by atoms with Crippen LogP contribution in [-0.2, 0) is 0 Å². The van der Waals surface area contributed by atoms with E-state index in [9.17, 15) is 0 Å². The van der Waals surface area contributed by atoms with Gasteiger partial charge in [0.1, 0.15) is 5.75 Å². The van der Waals surface area contributed by atoms with Crippen molar-refractivity contribution in [3.8, 4) is 5.75 Å². The Morgan fingerprint density at radius 1 is 1.10 bits per heavy atom. The molecule has 1 atom stereocenters. The van der Waals surface area contributed by atoms with Gasteiger partial charge < -0.3 is 10.1 Å². The van der Waals surface area contributed by atoms with E-state index in [1.54, 1.807) is 7.11 Å². The highest BCUT2D eigenvalue weighted by molar-refractivity contribution is 6.32. The van der Waals surface area contributed by atoms with E-state index in [2.05, 4.69) is 37.9 Å². The molecule has 20 heavy (non-hydrogen) atoms. The molecule has 0 amide bonds. The third kappa shape index (κ3) is 2.67. The number of nitrogens with one attached hydrogen (secondary N) is 1. The summed E-state index contributed by atoms with van der Waals surface area (Å²) in [4.78, 5) is 2.49. The number of rotatable bonds is 3. The maximum absolute atomic E-state index is 6.51. The number of hydrogen-bond donors (Lipinski definition) is 1. The molecule has 1 saturated heterocycles. The van der Waals surface area contributed by atoms with Gasteiger partial charge in [-0.25, -0.2) is 0 Å². The molecule has 112 valence electrons. The van der Waals surface area contributed by atoms with Gasteiger partial charge in [-0.05, 0) is 44.4 Å². The van der Waals surface area contributed by atoms with E-state index in [1.165, 1.54) is 5.56 Å². The number of methoxy groups -OCH3 is 1. The van der Waals surface area contributed by atoms with E-state index in [0.29, 0.717) is 6.04 Å². The summed E-state index contributed by atoms with van der Waals surface area (Å²) >= 11 is 6.51. The standard InChI is InChI=1S/C16H25ClN2O/c1-10-11(2)16(20-5)14(12(3)15(10)17)13(4)19-8-6-18-7-9-19/h13,18H,6-9H2,1-5H3. The summed E-state index contributed by atoms with van der Waals surface area (Å²) in [5, 5.41) is 4.27. The average Bonchev–Trinajstić information content (AvgIpc) is 2.48. The molecule has 1 unspecified atom stereocenters. The average molecular weight is 297 g/mol. The second-order valence-electron chi connectivity index (χ2n) is 5.60. The summed E-state index contributed by atoms with van der Waals surface area (Å²) in [6.45, 7) is 12.7. The molecular weight excluding hydrogens is 272 g/mol. The Balaban J connectivity index is 2.48. The minimum absolute atomic E-state index is 0.323. The SMILES string of the molecule is COc1c(C)c(C)c(Cl)c(C)c1C(C)N1CCNCC1. The van der Waals surface area contributed by atoms with Gasteiger partial charge >= 0.3 is 0 Å². The van der Waals surface area contributed by atoms with Gasteiger partial charge in [0.05, 0.1) is 7.11 Å². The first-order valence-electron chi connectivity index (χ1n) is 7.27. The van der Waals surface area contributed by atoms with E-state index in [1.807, 2.05) is 0 Å². The number of piperazine rings is 1. The number of benzene rings is 1. The molecule has 1 fully saturated rings. The maximum atomic E-state index is 6.51.